The average Bonchev–Trinajstić information content (AvgIpc) is 2.79. The Morgan fingerprint density at radius 3 is 2.07 bits per heavy atom. The molecule has 3 rings (SSSR count). The van der Waals surface area contributed by atoms with E-state index >= 15 is 0 Å². The fourth-order valence-corrected chi connectivity index (χ4v) is 3.30. The number of hydrogen-bond donors (Lipinski definition) is 1. The lowest BCUT2D eigenvalue weighted by Gasteiger charge is -2.33. The molecule has 0 aliphatic carbocycles. The molecule has 0 spiro atoms. The number of hydrogen-bond acceptors (Lipinski definition) is 3. The largest absolute Gasteiger partial charge is 0.350 e. The maximum Gasteiger partial charge on any atom is 0.247 e. The third-order valence-electron chi connectivity index (χ3n) is 4.86. The van der Waals surface area contributed by atoms with Gasteiger partial charge in [-0.15, -0.1) is 0 Å². The molecule has 3 aromatic rings. The summed E-state index contributed by atoms with van der Waals surface area (Å²) >= 11 is 0. The Labute approximate surface area is 177 Å². The number of nitrogens with one attached hydrogen (secondary N) is 1. The van der Waals surface area contributed by atoms with Crippen molar-refractivity contribution in [3.63, 3.8) is 0 Å². The molecule has 5 heteroatoms. The molecule has 0 bridgehead atoms. The Balaban J connectivity index is 1.92. The van der Waals surface area contributed by atoms with Gasteiger partial charge in [-0.05, 0) is 28.8 Å². The molecule has 0 fully saturated rings. The first-order chi connectivity index (χ1) is 14.6. The standard InChI is InChI=1S/C25H27N3O2/c1-19(2)25(30)28(18-21-9-5-3-6-10-21)23(22-11-7-4-8-12-22)24(29)27-17-20-13-15-26-16-14-20/h3-16,19,23H,17-18H2,1-2H3,(H,27,29). The highest BCUT2D eigenvalue weighted by molar-refractivity contribution is 5.89. The smallest absolute Gasteiger partial charge is 0.247 e. The number of amides is 2. The molecule has 1 N–H and O–H groups in total. The van der Waals surface area contributed by atoms with Crippen LogP contribution in [0.15, 0.2) is 85.2 Å². The Morgan fingerprint density at radius 1 is 0.867 bits per heavy atom. The van der Waals surface area contributed by atoms with Gasteiger partial charge in [-0.1, -0.05) is 74.5 Å². The van der Waals surface area contributed by atoms with Crippen LogP contribution >= 0.6 is 0 Å². The number of aromatic nitrogens is 1. The molecule has 1 unspecified atom stereocenters. The molecule has 154 valence electrons. The first-order valence-electron chi connectivity index (χ1n) is 10.1. The molecular weight excluding hydrogens is 374 g/mol. The Kier molecular flexibility index (Phi) is 7.33. The molecule has 5 nitrogen and oxygen atoms in total. The molecule has 30 heavy (non-hydrogen) atoms. The van der Waals surface area contributed by atoms with Crippen molar-refractivity contribution in [2.45, 2.75) is 33.0 Å². The van der Waals surface area contributed by atoms with E-state index < -0.39 is 6.04 Å². The van der Waals surface area contributed by atoms with Crippen LogP contribution in [0.25, 0.3) is 0 Å². The topological polar surface area (TPSA) is 62.3 Å². The number of nitrogens with zero attached hydrogens (tertiary/aromatic N) is 2. The fraction of sp³-hybridized carbons (Fsp3) is 0.240. The van der Waals surface area contributed by atoms with Crippen LogP contribution in [-0.4, -0.2) is 21.7 Å². The first kappa shape index (κ1) is 21.2. The molecule has 0 saturated heterocycles. The van der Waals surface area contributed by atoms with Crippen molar-refractivity contribution in [1.82, 2.24) is 15.2 Å². The fourth-order valence-electron chi connectivity index (χ4n) is 3.30. The molecule has 0 saturated carbocycles. The van der Waals surface area contributed by atoms with E-state index in [2.05, 4.69) is 10.3 Å². The van der Waals surface area contributed by atoms with Gasteiger partial charge in [0.1, 0.15) is 6.04 Å². The predicted octanol–water partition coefficient (Wildman–Crippen LogP) is 4.12. The zero-order valence-electron chi connectivity index (χ0n) is 17.4. The van der Waals surface area contributed by atoms with Crippen LogP contribution in [0.2, 0.25) is 0 Å². The van der Waals surface area contributed by atoms with E-state index in [9.17, 15) is 9.59 Å². The summed E-state index contributed by atoms with van der Waals surface area (Å²) in [5.41, 5.74) is 2.72. The van der Waals surface area contributed by atoms with E-state index in [1.807, 2.05) is 86.6 Å². The van der Waals surface area contributed by atoms with Crippen molar-refractivity contribution in [3.8, 4) is 0 Å². The van der Waals surface area contributed by atoms with Crippen molar-refractivity contribution in [2.24, 2.45) is 5.92 Å². The van der Waals surface area contributed by atoms with Gasteiger partial charge >= 0.3 is 0 Å². The number of carbonyl (C=O) groups is 2. The van der Waals surface area contributed by atoms with Crippen LogP contribution in [0.1, 0.15) is 36.6 Å². The summed E-state index contributed by atoms with van der Waals surface area (Å²) < 4.78 is 0. The van der Waals surface area contributed by atoms with Gasteiger partial charge < -0.3 is 10.2 Å². The van der Waals surface area contributed by atoms with Crippen molar-refractivity contribution in [1.29, 1.82) is 0 Å². The molecule has 0 aliphatic heterocycles. The number of pyridine rings is 1. The lowest BCUT2D eigenvalue weighted by Crippen LogP contribution is -2.44. The molecular formula is C25H27N3O2. The minimum Gasteiger partial charge on any atom is -0.350 e. The van der Waals surface area contributed by atoms with Gasteiger partial charge in [0.05, 0.1) is 0 Å². The van der Waals surface area contributed by atoms with E-state index in [1.165, 1.54) is 0 Å². The van der Waals surface area contributed by atoms with E-state index in [4.69, 9.17) is 0 Å². The summed E-state index contributed by atoms with van der Waals surface area (Å²) in [5.74, 6) is -0.498. The van der Waals surface area contributed by atoms with Crippen LogP contribution < -0.4 is 5.32 Å². The summed E-state index contributed by atoms with van der Waals surface area (Å²) in [6.45, 7) is 4.45. The minimum absolute atomic E-state index is 0.0632. The molecule has 0 radical (unpaired) electrons. The van der Waals surface area contributed by atoms with Gasteiger partial charge in [0.2, 0.25) is 11.8 Å². The van der Waals surface area contributed by atoms with Gasteiger partial charge in [0.15, 0.2) is 0 Å². The van der Waals surface area contributed by atoms with Crippen molar-refractivity contribution in [2.75, 3.05) is 0 Å². The maximum absolute atomic E-state index is 13.4. The highest BCUT2D eigenvalue weighted by Crippen LogP contribution is 2.25. The predicted molar refractivity (Wildman–Crippen MR) is 117 cm³/mol. The van der Waals surface area contributed by atoms with E-state index in [-0.39, 0.29) is 17.7 Å². The number of benzene rings is 2. The SMILES string of the molecule is CC(C)C(=O)N(Cc1ccccc1)C(C(=O)NCc1ccncc1)c1ccccc1. The highest BCUT2D eigenvalue weighted by Gasteiger charge is 2.32. The van der Waals surface area contributed by atoms with Crippen LogP contribution in [0.5, 0.6) is 0 Å². The van der Waals surface area contributed by atoms with E-state index in [0.717, 1.165) is 16.7 Å². The normalized spacial score (nSPS) is 11.7. The van der Waals surface area contributed by atoms with Gasteiger partial charge in [0, 0.05) is 31.4 Å². The Bertz CT molecular complexity index is 944. The molecule has 1 aromatic heterocycles. The van der Waals surface area contributed by atoms with Crippen LogP contribution in [0.3, 0.4) is 0 Å². The maximum atomic E-state index is 13.4. The van der Waals surface area contributed by atoms with Gasteiger partial charge in [-0.3, -0.25) is 14.6 Å². The highest BCUT2D eigenvalue weighted by atomic mass is 16.2. The lowest BCUT2D eigenvalue weighted by molar-refractivity contribution is -0.144. The summed E-state index contributed by atoms with van der Waals surface area (Å²) in [6, 6.07) is 22.2. The third-order valence-corrected chi connectivity index (χ3v) is 4.86. The summed E-state index contributed by atoms with van der Waals surface area (Å²) in [7, 11) is 0. The van der Waals surface area contributed by atoms with Crippen molar-refractivity contribution in [3.05, 3.63) is 102 Å². The second-order valence-electron chi connectivity index (χ2n) is 7.49. The average molecular weight is 402 g/mol. The molecule has 1 heterocycles. The van der Waals surface area contributed by atoms with Crippen molar-refractivity contribution >= 4 is 11.8 Å². The Hall–Kier alpha value is -3.47. The van der Waals surface area contributed by atoms with Crippen molar-refractivity contribution < 1.29 is 9.59 Å². The van der Waals surface area contributed by atoms with Crippen LogP contribution in [0.4, 0.5) is 0 Å². The zero-order chi connectivity index (χ0) is 21.3. The first-order valence-corrected chi connectivity index (χ1v) is 10.1. The third kappa shape index (κ3) is 5.54. The minimum atomic E-state index is -0.719. The lowest BCUT2D eigenvalue weighted by atomic mass is 10.0. The summed E-state index contributed by atoms with van der Waals surface area (Å²) in [6.07, 6.45) is 3.39. The summed E-state index contributed by atoms with van der Waals surface area (Å²) in [5, 5.41) is 3.00. The van der Waals surface area contributed by atoms with E-state index in [1.54, 1.807) is 17.3 Å². The van der Waals surface area contributed by atoms with Gasteiger partial charge in [-0.25, -0.2) is 0 Å². The van der Waals surface area contributed by atoms with Gasteiger partial charge in [0.25, 0.3) is 0 Å². The number of carbonyl (C=O) groups excluding carboxylic acids is 2. The second kappa shape index (κ2) is 10.3. The monoisotopic (exact) mass is 401 g/mol. The van der Waals surface area contributed by atoms with E-state index in [0.29, 0.717) is 13.1 Å². The second-order valence-corrected chi connectivity index (χ2v) is 7.49. The number of rotatable bonds is 8. The molecule has 2 aromatic carbocycles. The zero-order valence-corrected chi connectivity index (χ0v) is 17.4. The molecule has 0 aliphatic rings. The van der Waals surface area contributed by atoms with Crippen LogP contribution in [-0.2, 0) is 22.7 Å². The summed E-state index contributed by atoms with van der Waals surface area (Å²) in [4.78, 5) is 32.2. The quantitative estimate of drug-likeness (QED) is 0.617. The van der Waals surface area contributed by atoms with Gasteiger partial charge in [-0.2, -0.15) is 0 Å². The van der Waals surface area contributed by atoms with Crippen LogP contribution in [0, 0.1) is 5.92 Å². The molecule has 2 amide bonds. The Morgan fingerprint density at radius 2 is 1.47 bits per heavy atom. The molecule has 1 atom stereocenters.